The molecule has 0 aromatic heterocycles. The fourth-order valence-corrected chi connectivity index (χ4v) is 3.44. The van der Waals surface area contributed by atoms with Crippen molar-refractivity contribution in [2.24, 2.45) is 0 Å². The summed E-state index contributed by atoms with van der Waals surface area (Å²) in [5, 5.41) is 0. The number of allylic oxidation sites excluding steroid dienone is 2. The molecule has 2 aromatic rings. The molecule has 4 rings (SSSR count). The van der Waals surface area contributed by atoms with Gasteiger partial charge in [0.2, 0.25) is 0 Å². The van der Waals surface area contributed by atoms with Gasteiger partial charge < -0.3 is 14.7 Å². The van der Waals surface area contributed by atoms with E-state index in [0.717, 1.165) is 26.2 Å². The van der Waals surface area contributed by atoms with Crippen LogP contribution in [0.4, 0.5) is 17.1 Å². The Hall–Kier alpha value is -2.52. The number of para-hydroxylation sites is 1. The molecule has 0 aliphatic carbocycles. The van der Waals surface area contributed by atoms with Gasteiger partial charge in [0.15, 0.2) is 0 Å². The summed E-state index contributed by atoms with van der Waals surface area (Å²) >= 11 is 0. The fourth-order valence-electron chi connectivity index (χ4n) is 3.44. The fraction of sp³-hybridized carbons (Fsp3) is 0.238. The van der Waals surface area contributed by atoms with Crippen molar-refractivity contribution in [1.29, 1.82) is 0 Å². The smallest absolute Gasteiger partial charge is 0.0458 e. The van der Waals surface area contributed by atoms with Crippen LogP contribution in [0.2, 0.25) is 0 Å². The van der Waals surface area contributed by atoms with E-state index in [-0.39, 0.29) is 0 Å². The topological polar surface area (TPSA) is 9.72 Å². The van der Waals surface area contributed by atoms with Crippen LogP contribution < -0.4 is 9.80 Å². The van der Waals surface area contributed by atoms with Gasteiger partial charge in [0.05, 0.1) is 0 Å². The van der Waals surface area contributed by atoms with Gasteiger partial charge in [-0.25, -0.2) is 0 Å². The normalized spacial score (nSPS) is 17.7. The van der Waals surface area contributed by atoms with E-state index >= 15 is 0 Å². The zero-order valence-corrected chi connectivity index (χ0v) is 14.1. The van der Waals surface area contributed by atoms with Gasteiger partial charge in [0.1, 0.15) is 0 Å². The molecular formula is C21H23N3. The van der Waals surface area contributed by atoms with Crippen LogP contribution in [0.5, 0.6) is 0 Å². The second kappa shape index (κ2) is 6.54. The number of rotatable bonds is 2. The van der Waals surface area contributed by atoms with E-state index in [1.807, 2.05) is 0 Å². The zero-order valence-electron chi connectivity index (χ0n) is 14.1. The van der Waals surface area contributed by atoms with E-state index in [9.17, 15) is 0 Å². The van der Waals surface area contributed by atoms with Gasteiger partial charge in [0, 0.05) is 49.4 Å². The summed E-state index contributed by atoms with van der Waals surface area (Å²) in [6.07, 6.45) is 8.54. The van der Waals surface area contributed by atoms with E-state index < -0.39 is 0 Å². The van der Waals surface area contributed by atoms with Gasteiger partial charge in [-0.3, -0.25) is 0 Å². The quantitative estimate of drug-likeness (QED) is 0.823. The molecule has 0 spiro atoms. The molecule has 24 heavy (non-hydrogen) atoms. The summed E-state index contributed by atoms with van der Waals surface area (Å²) in [5.41, 5.74) is 5.24. The van der Waals surface area contributed by atoms with E-state index in [1.165, 1.54) is 22.6 Å². The van der Waals surface area contributed by atoms with Gasteiger partial charge in [-0.2, -0.15) is 0 Å². The number of likely N-dealkylation sites (N-methyl/N-ethyl adjacent to an activating group) is 1. The molecule has 0 radical (unpaired) electrons. The second-order valence-corrected chi connectivity index (χ2v) is 6.46. The Bertz CT molecular complexity index is 764. The Kier molecular flexibility index (Phi) is 4.09. The number of nitrogens with zero attached hydrogens (tertiary/aromatic N) is 3. The summed E-state index contributed by atoms with van der Waals surface area (Å²) in [5.74, 6) is 0. The molecule has 0 unspecified atom stereocenters. The standard InChI is InChI=1S/C21H23N3/c1-22-14-15-24(19-8-4-2-5-9-19)21-11-10-20(16-18(21)17-22)23-12-6-3-7-13-23/h2-12,16H,13-15,17H2,1H3. The number of hydrogen-bond donors (Lipinski definition) is 0. The summed E-state index contributed by atoms with van der Waals surface area (Å²) in [6.45, 7) is 4.00. The molecule has 3 heteroatoms. The van der Waals surface area contributed by atoms with E-state index in [0.29, 0.717) is 0 Å². The van der Waals surface area contributed by atoms with Crippen molar-refractivity contribution >= 4 is 17.1 Å². The number of benzene rings is 2. The third kappa shape index (κ3) is 2.95. The van der Waals surface area contributed by atoms with Crippen molar-refractivity contribution in [1.82, 2.24) is 4.90 Å². The maximum atomic E-state index is 2.44. The van der Waals surface area contributed by atoms with Crippen molar-refractivity contribution in [3.63, 3.8) is 0 Å². The second-order valence-electron chi connectivity index (χ2n) is 6.46. The molecule has 0 atom stereocenters. The summed E-state index contributed by atoms with van der Waals surface area (Å²) in [6, 6.07) is 17.6. The first kappa shape index (κ1) is 15.0. The number of hydrogen-bond acceptors (Lipinski definition) is 3. The number of fused-ring (bicyclic) bond motifs is 1. The third-order valence-corrected chi connectivity index (χ3v) is 4.71. The van der Waals surface area contributed by atoms with Crippen LogP contribution in [0.3, 0.4) is 0 Å². The lowest BCUT2D eigenvalue weighted by Crippen LogP contribution is -2.26. The van der Waals surface area contributed by atoms with E-state index in [2.05, 4.69) is 94.7 Å². The predicted molar refractivity (Wildman–Crippen MR) is 102 cm³/mol. The molecule has 2 aliphatic heterocycles. The molecule has 2 aromatic carbocycles. The number of anilines is 3. The lowest BCUT2D eigenvalue weighted by Gasteiger charge is -2.27. The SMILES string of the molecule is CN1CCN(c2ccccc2)c2ccc(N3C=CC=CC3)cc2C1. The van der Waals surface area contributed by atoms with Crippen LogP contribution in [-0.2, 0) is 6.54 Å². The van der Waals surface area contributed by atoms with Gasteiger partial charge in [-0.15, -0.1) is 0 Å². The molecule has 0 saturated carbocycles. The van der Waals surface area contributed by atoms with Crippen molar-refractivity contribution in [3.8, 4) is 0 Å². The Labute approximate surface area is 144 Å². The van der Waals surface area contributed by atoms with Crippen molar-refractivity contribution in [3.05, 3.63) is 78.5 Å². The molecule has 2 aliphatic rings. The van der Waals surface area contributed by atoms with Crippen LogP contribution in [0.1, 0.15) is 5.56 Å². The average Bonchev–Trinajstić information content (AvgIpc) is 2.80. The van der Waals surface area contributed by atoms with Gasteiger partial charge in [0.25, 0.3) is 0 Å². The first-order valence-corrected chi connectivity index (χ1v) is 8.55. The molecule has 3 nitrogen and oxygen atoms in total. The molecule has 0 saturated heterocycles. The lowest BCUT2D eigenvalue weighted by molar-refractivity contribution is 0.343. The van der Waals surface area contributed by atoms with E-state index in [1.54, 1.807) is 0 Å². The monoisotopic (exact) mass is 317 g/mol. The first-order valence-electron chi connectivity index (χ1n) is 8.55. The summed E-state index contributed by atoms with van der Waals surface area (Å²) in [7, 11) is 2.20. The molecule has 0 N–H and O–H groups in total. The molecule has 0 bridgehead atoms. The van der Waals surface area contributed by atoms with Gasteiger partial charge in [-0.1, -0.05) is 30.4 Å². The highest BCUT2D eigenvalue weighted by Gasteiger charge is 2.20. The highest BCUT2D eigenvalue weighted by molar-refractivity contribution is 5.70. The molecule has 0 amide bonds. The Morgan fingerprint density at radius 3 is 2.54 bits per heavy atom. The average molecular weight is 317 g/mol. The molecule has 122 valence electrons. The highest BCUT2D eigenvalue weighted by atomic mass is 15.2. The molecule has 2 heterocycles. The Morgan fingerprint density at radius 2 is 1.75 bits per heavy atom. The third-order valence-electron chi connectivity index (χ3n) is 4.71. The van der Waals surface area contributed by atoms with E-state index in [4.69, 9.17) is 0 Å². The summed E-state index contributed by atoms with van der Waals surface area (Å²) < 4.78 is 0. The predicted octanol–water partition coefficient (Wildman–Crippen LogP) is 4.16. The van der Waals surface area contributed by atoms with Crippen LogP contribution >= 0.6 is 0 Å². The highest BCUT2D eigenvalue weighted by Crippen LogP contribution is 2.34. The van der Waals surface area contributed by atoms with Crippen LogP contribution in [0.15, 0.2) is 73.0 Å². The first-order chi connectivity index (χ1) is 11.8. The van der Waals surface area contributed by atoms with Crippen LogP contribution in [0, 0.1) is 0 Å². The Morgan fingerprint density at radius 1 is 0.875 bits per heavy atom. The van der Waals surface area contributed by atoms with Crippen molar-refractivity contribution in [2.75, 3.05) is 36.5 Å². The van der Waals surface area contributed by atoms with Gasteiger partial charge >= 0.3 is 0 Å². The molecular weight excluding hydrogens is 294 g/mol. The van der Waals surface area contributed by atoms with Crippen LogP contribution in [0.25, 0.3) is 0 Å². The molecule has 0 fully saturated rings. The minimum absolute atomic E-state index is 0.938. The summed E-state index contributed by atoms with van der Waals surface area (Å²) in [4.78, 5) is 7.13. The maximum absolute atomic E-state index is 2.44. The van der Waals surface area contributed by atoms with Crippen LogP contribution in [-0.4, -0.2) is 31.6 Å². The Balaban J connectivity index is 1.73. The minimum atomic E-state index is 0.938. The van der Waals surface area contributed by atoms with Crippen molar-refractivity contribution < 1.29 is 0 Å². The lowest BCUT2D eigenvalue weighted by atomic mass is 10.1. The minimum Gasteiger partial charge on any atom is -0.344 e. The maximum Gasteiger partial charge on any atom is 0.0458 e. The largest absolute Gasteiger partial charge is 0.344 e. The van der Waals surface area contributed by atoms with Crippen molar-refractivity contribution in [2.45, 2.75) is 6.54 Å². The zero-order chi connectivity index (χ0) is 16.4. The van der Waals surface area contributed by atoms with Gasteiger partial charge in [-0.05, 0) is 49.0 Å².